The minimum absolute atomic E-state index is 0.0357. The van der Waals surface area contributed by atoms with Gasteiger partial charge in [-0.1, -0.05) is 29.0 Å². The van der Waals surface area contributed by atoms with Crippen molar-refractivity contribution in [1.29, 1.82) is 0 Å². The SMILES string of the molecule is CCN(CCNc1cc(F)cc(C(=O)OC(C)(C)C)c1C(=O)Nc1cccc2c1cnn2S(=O)(=O)N(Cc1ccc(OC)cc1OC)c1ncc(Cl)s1)C(=O)OC(C)(C)C. The second-order valence-electron chi connectivity index (χ2n) is 15.2. The van der Waals surface area contributed by atoms with Crippen LogP contribution in [0, 0.1) is 5.82 Å². The zero-order valence-electron chi connectivity index (χ0n) is 34.6. The number of benzene rings is 3. The molecule has 2 amide bonds. The molecule has 16 nitrogen and oxygen atoms in total. The third kappa shape index (κ3) is 10.7. The number of hydrogen-bond donors (Lipinski definition) is 2. The molecule has 2 aromatic heterocycles. The fraction of sp³-hybridized carbons (Fsp3) is 0.375. The minimum Gasteiger partial charge on any atom is -0.497 e. The first-order valence-corrected chi connectivity index (χ1v) is 21.2. The molecule has 322 valence electrons. The van der Waals surface area contributed by atoms with E-state index < -0.39 is 45.2 Å². The van der Waals surface area contributed by atoms with Gasteiger partial charge in [-0.2, -0.15) is 13.5 Å². The normalized spacial score (nSPS) is 11.8. The van der Waals surface area contributed by atoms with Crippen molar-refractivity contribution in [1.82, 2.24) is 19.1 Å². The third-order valence-electron chi connectivity index (χ3n) is 8.49. The number of thiazole rings is 1. The predicted octanol–water partition coefficient (Wildman–Crippen LogP) is 7.98. The Bertz CT molecular complexity index is 2500. The second-order valence-corrected chi connectivity index (χ2v) is 18.5. The standard InChI is InChI=1S/C40H47ClFN7O9S2/c1-10-47(38(52)58-40(5,6)7)17-16-43-30-19-25(42)18-27(36(51)57-39(2,3)4)34(30)35(50)46-29-12-11-13-31-28(29)21-45-49(31)60(53,54)48(37-44-22-33(41)59-37)23-24-14-15-26(55-8)20-32(24)56-9/h11-15,18-22,43H,10,16-17,23H2,1-9H3,(H,46,50). The number of likely N-dealkylation sites (N-methyl/N-ethyl adjacent to an activating group) is 1. The number of fused-ring (bicyclic) bond motifs is 1. The molecule has 0 aliphatic heterocycles. The van der Waals surface area contributed by atoms with Crippen molar-refractivity contribution in [2.24, 2.45) is 0 Å². The summed E-state index contributed by atoms with van der Waals surface area (Å²) in [6.07, 6.45) is 2.03. The number of ether oxygens (including phenoxy) is 4. The van der Waals surface area contributed by atoms with Crippen LogP contribution >= 0.6 is 22.9 Å². The number of halogens is 2. The molecule has 3 aromatic carbocycles. The number of esters is 1. The molecule has 0 aliphatic carbocycles. The molecule has 0 bridgehead atoms. The fourth-order valence-corrected chi connectivity index (χ4v) is 8.37. The Morgan fingerprint density at radius 1 is 0.950 bits per heavy atom. The molecule has 0 radical (unpaired) electrons. The van der Waals surface area contributed by atoms with E-state index in [1.165, 1.54) is 49.7 Å². The van der Waals surface area contributed by atoms with Gasteiger partial charge in [-0.15, -0.1) is 4.09 Å². The Hall–Kier alpha value is -5.66. The molecule has 0 saturated carbocycles. The summed E-state index contributed by atoms with van der Waals surface area (Å²) in [7, 11) is -1.62. The van der Waals surface area contributed by atoms with Crippen LogP contribution in [0.2, 0.25) is 4.34 Å². The van der Waals surface area contributed by atoms with Gasteiger partial charge in [-0.25, -0.2) is 23.3 Å². The van der Waals surface area contributed by atoms with Crippen molar-refractivity contribution < 1.29 is 46.1 Å². The minimum atomic E-state index is -4.56. The molecule has 5 aromatic rings. The number of carbonyl (C=O) groups excluding carboxylic acids is 3. The van der Waals surface area contributed by atoms with Crippen LogP contribution in [-0.4, -0.2) is 90.5 Å². The number of methoxy groups -OCH3 is 2. The van der Waals surface area contributed by atoms with E-state index in [4.69, 9.17) is 30.5 Å². The lowest BCUT2D eigenvalue weighted by molar-refractivity contribution is 0.00667. The monoisotopic (exact) mass is 887 g/mol. The smallest absolute Gasteiger partial charge is 0.410 e. The van der Waals surface area contributed by atoms with Crippen molar-refractivity contribution >= 4 is 78.5 Å². The zero-order valence-corrected chi connectivity index (χ0v) is 37.0. The van der Waals surface area contributed by atoms with Gasteiger partial charge in [0, 0.05) is 36.7 Å². The Morgan fingerprint density at radius 2 is 1.67 bits per heavy atom. The van der Waals surface area contributed by atoms with Crippen molar-refractivity contribution in [3.8, 4) is 11.5 Å². The molecule has 2 N–H and O–H groups in total. The van der Waals surface area contributed by atoms with E-state index in [1.807, 2.05) is 0 Å². The van der Waals surface area contributed by atoms with Crippen LogP contribution < -0.4 is 24.4 Å². The van der Waals surface area contributed by atoms with Crippen molar-refractivity contribution in [3.05, 3.63) is 87.8 Å². The molecule has 0 fully saturated rings. The maximum atomic E-state index is 15.2. The Morgan fingerprint density at radius 3 is 2.28 bits per heavy atom. The van der Waals surface area contributed by atoms with E-state index in [1.54, 1.807) is 66.7 Å². The quantitative estimate of drug-likeness (QED) is 0.0969. The van der Waals surface area contributed by atoms with Crippen LogP contribution in [0.5, 0.6) is 11.5 Å². The Labute approximate surface area is 356 Å². The number of amides is 2. The van der Waals surface area contributed by atoms with Crippen LogP contribution in [0.1, 0.15) is 74.7 Å². The van der Waals surface area contributed by atoms with E-state index in [0.717, 1.165) is 31.9 Å². The average Bonchev–Trinajstić information content (AvgIpc) is 3.81. The molecule has 0 atom stereocenters. The van der Waals surface area contributed by atoms with Crippen LogP contribution in [0.15, 0.2) is 60.9 Å². The second kappa shape index (κ2) is 18.3. The van der Waals surface area contributed by atoms with Gasteiger partial charge >= 0.3 is 22.3 Å². The lowest BCUT2D eigenvalue weighted by atomic mass is 10.0. The van der Waals surface area contributed by atoms with Gasteiger partial charge in [-0.3, -0.25) is 4.79 Å². The molecule has 20 heteroatoms. The number of rotatable bonds is 15. The van der Waals surface area contributed by atoms with Gasteiger partial charge in [0.25, 0.3) is 5.91 Å². The largest absolute Gasteiger partial charge is 0.497 e. The summed E-state index contributed by atoms with van der Waals surface area (Å²) in [6, 6.07) is 11.4. The molecule has 60 heavy (non-hydrogen) atoms. The highest BCUT2D eigenvalue weighted by Crippen LogP contribution is 2.35. The summed E-state index contributed by atoms with van der Waals surface area (Å²) in [6.45, 7) is 12.1. The van der Waals surface area contributed by atoms with Crippen LogP contribution in [0.4, 0.5) is 25.7 Å². The van der Waals surface area contributed by atoms with Crippen molar-refractivity contribution in [3.63, 3.8) is 0 Å². The lowest BCUT2D eigenvalue weighted by Gasteiger charge is -2.27. The van der Waals surface area contributed by atoms with E-state index in [-0.39, 0.29) is 62.5 Å². The van der Waals surface area contributed by atoms with Crippen LogP contribution in [0.25, 0.3) is 10.9 Å². The van der Waals surface area contributed by atoms with Crippen LogP contribution in [-0.2, 0) is 26.2 Å². The van der Waals surface area contributed by atoms with Gasteiger partial charge in [0.15, 0.2) is 0 Å². The lowest BCUT2D eigenvalue weighted by Crippen LogP contribution is -2.39. The van der Waals surface area contributed by atoms with Gasteiger partial charge in [0.1, 0.15) is 32.9 Å². The maximum Gasteiger partial charge on any atom is 0.410 e. The molecular weight excluding hydrogens is 841 g/mol. The number of carbonyl (C=O) groups is 3. The van der Waals surface area contributed by atoms with Crippen LogP contribution in [0.3, 0.4) is 0 Å². The Kier molecular flexibility index (Phi) is 13.9. The number of nitrogens with one attached hydrogen (secondary N) is 2. The molecule has 0 saturated heterocycles. The zero-order chi connectivity index (χ0) is 44.2. The number of aromatic nitrogens is 3. The number of hydrogen-bond acceptors (Lipinski definition) is 13. The summed E-state index contributed by atoms with van der Waals surface area (Å²) in [5.41, 5.74) is -1.76. The summed E-state index contributed by atoms with van der Waals surface area (Å²) >= 11 is 7.15. The summed E-state index contributed by atoms with van der Waals surface area (Å²) in [5, 5.41) is 10.2. The summed E-state index contributed by atoms with van der Waals surface area (Å²) < 4.78 is 68.3. The maximum absolute atomic E-state index is 15.2. The predicted molar refractivity (Wildman–Crippen MR) is 228 cm³/mol. The van der Waals surface area contributed by atoms with E-state index in [9.17, 15) is 22.8 Å². The molecular formula is C40H47ClFN7O9S2. The molecule has 2 heterocycles. The summed E-state index contributed by atoms with van der Waals surface area (Å²) in [4.78, 5) is 46.3. The molecule has 5 rings (SSSR count). The van der Waals surface area contributed by atoms with E-state index in [0.29, 0.717) is 23.6 Å². The number of anilines is 3. The Balaban J connectivity index is 1.52. The highest BCUT2D eigenvalue weighted by molar-refractivity contribution is 7.91. The summed E-state index contributed by atoms with van der Waals surface area (Å²) in [5.74, 6) is -1.79. The first-order valence-electron chi connectivity index (χ1n) is 18.6. The first-order chi connectivity index (χ1) is 28.1. The average molecular weight is 888 g/mol. The highest BCUT2D eigenvalue weighted by atomic mass is 35.5. The van der Waals surface area contributed by atoms with Crippen molar-refractivity contribution in [2.45, 2.75) is 66.2 Å². The first kappa shape index (κ1) is 45.4. The van der Waals surface area contributed by atoms with E-state index >= 15 is 4.39 Å². The number of nitrogens with zero attached hydrogens (tertiary/aromatic N) is 5. The van der Waals surface area contributed by atoms with Gasteiger partial charge in [0.2, 0.25) is 5.13 Å². The highest BCUT2D eigenvalue weighted by Gasteiger charge is 2.32. The molecule has 0 unspecified atom stereocenters. The molecule has 0 spiro atoms. The van der Waals surface area contributed by atoms with Crippen molar-refractivity contribution in [2.75, 3.05) is 48.8 Å². The molecule has 0 aliphatic rings. The fourth-order valence-electron chi connectivity index (χ4n) is 5.86. The van der Waals surface area contributed by atoms with Gasteiger partial charge in [0.05, 0.1) is 61.2 Å². The topological polar surface area (TPSA) is 184 Å². The van der Waals surface area contributed by atoms with E-state index in [2.05, 4.69) is 20.7 Å². The third-order valence-corrected chi connectivity index (χ3v) is 11.3. The van der Waals surface area contributed by atoms with Gasteiger partial charge < -0.3 is 34.5 Å². The van der Waals surface area contributed by atoms with Gasteiger partial charge in [-0.05, 0) is 84.9 Å².